The molecule has 2 unspecified atom stereocenters. The van der Waals surface area contributed by atoms with Crippen LogP contribution in [0.4, 0.5) is 0 Å². The molecule has 2 N–H and O–H groups in total. The van der Waals surface area contributed by atoms with Gasteiger partial charge in [-0.15, -0.1) is 11.3 Å². The number of hydrogen-bond acceptors (Lipinski definition) is 5. The van der Waals surface area contributed by atoms with Crippen molar-refractivity contribution in [3.8, 4) is 0 Å². The highest BCUT2D eigenvalue weighted by Crippen LogP contribution is 2.22. The minimum Gasteiger partial charge on any atom is -0.378 e. The van der Waals surface area contributed by atoms with Gasteiger partial charge in [0.2, 0.25) is 10.0 Å². The SMILES string of the molecule is CNCc1csc(S(=O)(=O)NC2CCOC(C)C2)c1. The zero-order valence-corrected chi connectivity index (χ0v) is 12.8. The van der Waals surface area contributed by atoms with E-state index in [2.05, 4.69) is 10.0 Å². The normalized spacial score (nSPS) is 24.5. The molecule has 0 radical (unpaired) electrons. The third-order valence-corrected chi connectivity index (χ3v) is 6.09. The first-order valence-electron chi connectivity index (χ1n) is 6.37. The third kappa shape index (κ3) is 4.00. The molecular formula is C12H20N2O3S2. The van der Waals surface area contributed by atoms with E-state index in [1.54, 1.807) is 6.07 Å². The van der Waals surface area contributed by atoms with E-state index in [0.29, 0.717) is 17.4 Å². The van der Waals surface area contributed by atoms with Gasteiger partial charge in [-0.3, -0.25) is 0 Å². The minimum atomic E-state index is -3.40. The predicted octanol–water partition coefficient (Wildman–Crippen LogP) is 1.31. The molecule has 108 valence electrons. The van der Waals surface area contributed by atoms with Crippen molar-refractivity contribution in [3.63, 3.8) is 0 Å². The van der Waals surface area contributed by atoms with Crippen LogP contribution in [0.5, 0.6) is 0 Å². The number of rotatable bonds is 5. The lowest BCUT2D eigenvalue weighted by Crippen LogP contribution is -2.40. The molecule has 1 fully saturated rings. The molecule has 2 heterocycles. The number of thiophene rings is 1. The fraction of sp³-hybridized carbons (Fsp3) is 0.667. The van der Waals surface area contributed by atoms with E-state index < -0.39 is 10.0 Å². The molecule has 1 aliphatic rings. The zero-order chi connectivity index (χ0) is 13.9. The van der Waals surface area contributed by atoms with Gasteiger partial charge in [-0.05, 0) is 43.8 Å². The van der Waals surface area contributed by atoms with E-state index in [-0.39, 0.29) is 12.1 Å². The Morgan fingerprint density at radius 2 is 2.32 bits per heavy atom. The molecule has 5 nitrogen and oxygen atoms in total. The molecular weight excluding hydrogens is 284 g/mol. The predicted molar refractivity (Wildman–Crippen MR) is 75.8 cm³/mol. The topological polar surface area (TPSA) is 67.4 Å². The summed E-state index contributed by atoms with van der Waals surface area (Å²) in [7, 11) is -1.55. The van der Waals surface area contributed by atoms with Crippen LogP contribution in [0, 0.1) is 0 Å². The highest BCUT2D eigenvalue weighted by atomic mass is 32.2. The Labute approximate surface area is 118 Å². The molecule has 1 saturated heterocycles. The van der Waals surface area contributed by atoms with Gasteiger partial charge in [0, 0.05) is 19.2 Å². The standard InChI is InChI=1S/C12H20N2O3S2/c1-9-5-11(3-4-17-9)14-19(15,16)12-6-10(7-13-2)8-18-12/h6,8-9,11,13-14H,3-5,7H2,1-2H3. The van der Waals surface area contributed by atoms with Crippen LogP contribution < -0.4 is 10.0 Å². The molecule has 1 aromatic rings. The van der Waals surface area contributed by atoms with Crippen molar-refractivity contribution in [3.05, 3.63) is 17.0 Å². The van der Waals surface area contributed by atoms with Gasteiger partial charge < -0.3 is 10.1 Å². The van der Waals surface area contributed by atoms with Crippen molar-refractivity contribution in [2.24, 2.45) is 0 Å². The minimum absolute atomic E-state index is 0.0244. The lowest BCUT2D eigenvalue weighted by Gasteiger charge is -2.27. The van der Waals surface area contributed by atoms with Crippen molar-refractivity contribution >= 4 is 21.4 Å². The lowest BCUT2D eigenvalue weighted by atomic mass is 10.1. The van der Waals surface area contributed by atoms with Gasteiger partial charge >= 0.3 is 0 Å². The highest BCUT2D eigenvalue weighted by molar-refractivity contribution is 7.91. The molecule has 0 bridgehead atoms. The van der Waals surface area contributed by atoms with Crippen molar-refractivity contribution in [2.75, 3.05) is 13.7 Å². The van der Waals surface area contributed by atoms with E-state index in [9.17, 15) is 8.42 Å². The van der Waals surface area contributed by atoms with Crippen molar-refractivity contribution < 1.29 is 13.2 Å². The summed E-state index contributed by atoms with van der Waals surface area (Å²) in [5.74, 6) is 0. The Balaban J connectivity index is 2.04. The second-order valence-electron chi connectivity index (χ2n) is 4.83. The Morgan fingerprint density at radius 3 is 3.00 bits per heavy atom. The van der Waals surface area contributed by atoms with E-state index in [1.807, 2.05) is 19.4 Å². The molecule has 0 aromatic carbocycles. The Morgan fingerprint density at radius 1 is 1.53 bits per heavy atom. The van der Waals surface area contributed by atoms with E-state index >= 15 is 0 Å². The van der Waals surface area contributed by atoms with Gasteiger partial charge in [-0.25, -0.2) is 13.1 Å². The molecule has 0 saturated carbocycles. The van der Waals surface area contributed by atoms with E-state index in [1.165, 1.54) is 11.3 Å². The summed E-state index contributed by atoms with van der Waals surface area (Å²) >= 11 is 1.26. The van der Waals surface area contributed by atoms with E-state index in [4.69, 9.17) is 4.74 Å². The largest absolute Gasteiger partial charge is 0.378 e. The average Bonchev–Trinajstić information content (AvgIpc) is 2.78. The first-order chi connectivity index (χ1) is 9.01. The Hall–Kier alpha value is -0.470. The van der Waals surface area contributed by atoms with E-state index in [0.717, 1.165) is 18.4 Å². The number of hydrogen-bond donors (Lipinski definition) is 2. The van der Waals surface area contributed by atoms with Crippen molar-refractivity contribution in [1.29, 1.82) is 0 Å². The zero-order valence-electron chi connectivity index (χ0n) is 11.2. The van der Waals surface area contributed by atoms with Gasteiger partial charge in [0.15, 0.2) is 0 Å². The molecule has 2 atom stereocenters. The van der Waals surface area contributed by atoms with Gasteiger partial charge in [0.1, 0.15) is 4.21 Å². The quantitative estimate of drug-likeness (QED) is 0.861. The summed E-state index contributed by atoms with van der Waals surface area (Å²) in [5, 5.41) is 4.88. The summed E-state index contributed by atoms with van der Waals surface area (Å²) in [6.07, 6.45) is 1.58. The molecule has 19 heavy (non-hydrogen) atoms. The van der Waals surface area contributed by atoms with Gasteiger partial charge in [0.05, 0.1) is 6.10 Å². The second kappa shape index (κ2) is 6.32. The van der Waals surface area contributed by atoms with Crippen LogP contribution in [0.25, 0.3) is 0 Å². The van der Waals surface area contributed by atoms with Crippen molar-refractivity contribution in [2.45, 2.75) is 42.7 Å². The fourth-order valence-corrected chi connectivity index (χ4v) is 4.68. The summed E-state index contributed by atoms with van der Waals surface area (Å²) in [4.78, 5) is 0. The van der Waals surface area contributed by atoms with Gasteiger partial charge in [0.25, 0.3) is 0 Å². The number of sulfonamides is 1. The van der Waals surface area contributed by atoms with Gasteiger partial charge in [-0.1, -0.05) is 0 Å². The second-order valence-corrected chi connectivity index (χ2v) is 7.68. The van der Waals surface area contributed by atoms with Gasteiger partial charge in [-0.2, -0.15) is 0 Å². The monoisotopic (exact) mass is 304 g/mol. The molecule has 1 aromatic heterocycles. The maximum atomic E-state index is 12.3. The van der Waals surface area contributed by atoms with Crippen LogP contribution in [0.2, 0.25) is 0 Å². The first kappa shape index (κ1) is 14.9. The van der Waals surface area contributed by atoms with Crippen LogP contribution in [0.15, 0.2) is 15.7 Å². The molecule has 1 aliphatic heterocycles. The molecule has 0 amide bonds. The summed E-state index contributed by atoms with van der Waals surface area (Å²) < 4.78 is 33.1. The summed E-state index contributed by atoms with van der Waals surface area (Å²) in [6, 6.07) is 1.70. The smallest absolute Gasteiger partial charge is 0.250 e. The van der Waals surface area contributed by atoms with Crippen LogP contribution in [-0.4, -0.2) is 34.2 Å². The third-order valence-electron chi connectivity index (χ3n) is 3.08. The maximum absolute atomic E-state index is 12.3. The van der Waals surface area contributed by atoms with Crippen LogP contribution in [0.1, 0.15) is 25.3 Å². The fourth-order valence-electron chi connectivity index (χ4n) is 2.17. The van der Waals surface area contributed by atoms with Crippen LogP contribution in [0.3, 0.4) is 0 Å². The first-order valence-corrected chi connectivity index (χ1v) is 8.73. The summed E-state index contributed by atoms with van der Waals surface area (Å²) in [6.45, 7) is 3.26. The average molecular weight is 304 g/mol. The number of ether oxygens (including phenoxy) is 1. The van der Waals surface area contributed by atoms with Crippen molar-refractivity contribution in [1.82, 2.24) is 10.0 Å². The lowest BCUT2D eigenvalue weighted by molar-refractivity contribution is 0.0173. The van der Waals surface area contributed by atoms with Crippen LogP contribution in [-0.2, 0) is 21.3 Å². The molecule has 7 heteroatoms. The Kier molecular flexibility index (Phi) is 4.97. The summed E-state index contributed by atoms with van der Waals surface area (Å²) in [5.41, 5.74) is 0.994. The number of nitrogens with one attached hydrogen (secondary N) is 2. The van der Waals surface area contributed by atoms with Crippen LogP contribution >= 0.6 is 11.3 Å². The maximum Gasteiger partial charge on any atom is 0.250 e. The molecule has 2 rings (SSSR count). The molecule has 0 spiro atoms. The Bertz CT molecular complexity index is 513. The molecule has 0 aliphatic carbocycles. The highest BCUT2D eigenvalue weighted by Gasteiger charge is 2.25.